The van der Waals surface area contributed by atoms with E-state index in [4.69, 9.17) is 0 Å². The first-order chi connectivity index (χ1) is 12.7. The molecule has 0 amide bonds. The number of carbonyl (C=O) groups excluding carboxylic acids is 1. The Hall–Kier alpha value is -2.03. The van der Waals surface area contributed by atoms with Crippen LogP contribution in [0.5, 0.6) is 0 Å². The number of nitrogens with zero attached hydrogens (tertiary/aromatic N) is 4. The highest BCUT2D eigenvalue weighted by Gasteiger charge is 2.31. The smallest absolute Gasteiger partial charge is 0.339 e. The quantitative estimate of drug-likeness (QED) is 0.378. The van der Waals surface area contributed by atoms with Crippen LogP contribution in [-0.2, 0) is 13.1 Å². The molecular formula is C18H21F3N4OS. The predicted molar refractivity (Wildman–Crippen MR) is 97.2 cm³/mol. The first kappa shape index (κ1) is 19.7. The number of aromatic nitrogens is 4. The van der Waals surface area contributed by atoms with Crippen LogP contribution in [-0.4, -0.2) is 37.0 Å². The number of hydrogen-bond donors (Lipinski definition) is 0. The van der Waals surface area contributed by atoms with E-state index in [-0.39, 0.29) is 11.5 Å². The Balaban J connectivity index is 1.73. The van der Waals surface area contributed by atoms with E-state index in [0.717, 1.165) is 23.2 Å². The topological polar surface area (TPSA) is 52.7 Å². The summed E-state index contributed by atoms with van der Waals surface area (Å²) in [5.41, 5.74) is 1.08. The lowest BCUT2D eigenvalue weighted by atomic mass is 10.2. The lowest BCUT2D eigenvalue weighted by Gasteiger charge is -2.12. The Morgan fingerprint density at radius 3 is 2.63 bits per heavy atom. The summed E-state index contributed by atoms with van der Waals surface area (Å²) in [5.74, 6) is 1.20. The van der Waals surface area contributed by atoms with Crippen molar-refractivity contribution in [2.75, 3.05) is 5.75 Å². The summed E-state index contributed by atoms with van der Waals surface area (Å²) >= 11 is 1.25. The molecule has 9 heteroatoms. The molecule has 1 saturated carbocycles. The molecular weight excluding hydrogens is 377 g/mol. The van der Waals surface area contributed by atoms with E-state index in [1.54, 1.807) is 19.9 Å². The molecule has 27 heavy (non-hydrogen) atoms. The Labute approximate surface area is 159 Å². The second-order valence-electron chi connectivity index (χ2n) is 6.71. The fourth-order valence-corrected chi connectivity index (χ4v) is 3.90. The second kappa shape index (κ2) is 7.53. The third-order valence-electron chi connectivity index (χ3n) is 4.54. The fraction of sp³-hybridized carbons (Fsp3) is 0.500. The van der Waals surface area contributed by atoms with Crippen LogP contribution in [0, 0.1) is 13.8 Å². The zero-order valence-electron chi connectivity index (χ0n) is 15.2. The second-order valence-corrected chi connectivity index (χ2v) is 7.65. The van der Waals surface area contributed by atoms with Gasteiger partial charge in [0.1, 0.15) is 12.4 Å². The number of hydrogen-bond acceptors (Lipinski definition) is 4. The van der Waals surface area contributed by atoms with Crippen LogP contribution in [0.25, 0.3) is 0 Å². The van der Waals surface area contributed by atoms with Gasteiger partial charge in [0.05, 0.1) is 5.75 Å². The molecule has 0 aromatic carbocycles. The SMILES string of the molecule is C=CCn1c(SCC(=O)c2cc(C)n(CC(F)(F)F)c2C)nnc1C1CC1. The van der Waals surface area contributed by atoms with E-state index in [9.17, 15) is 18.0 Å². The first-order valence-corrected chi connectivity index (χ1v) is 9.63. The van der Waals surface area contributed by atoms with Crippen LogP contribution in [0.1, 0.15) is 46.3 Å². The standard InChI is InChI=1S/C18H21F3N4OS/c1-4-7-24-16(13-5-6-13)22-23-17(24)27-9-15(26)14-8-11(2)25(12(14)3)10-18(19,20)21/h4,8,13H,1,5-7,9-10H2,2-3H3. The summed E-state index contributed by atoms with van der Waals surface area (Å²) in [6.07, 6.45) is -0.399. The average Bonchev–Trinajstić information content (AvgIpc) is 3.30. The lowest BCUT2D eigenvalue weighted by molar-refractivity contribution is -0.141. The Morgan fingerprint density at radius 2 is 2.04 bits per heavy atom. The van der Waals surface area contributed by atoms with Crippen molar-refractivity contribution in [3.8, 4) is 0 Å². The van der Waals surface area contributed by atoms with Crippen LogP contribution in [0.4, 0.5) is 13.2 Å². The Kier molecular flexibility index (Phi) is 5.50. The van der Waals surface area contributed by atoms with Crippen LogP contribution >= 0.6 is 11.8 Å². The maximum absolute atomic E-state index is 12.7. The van der Waals surface area contributed by atoms with Crippen molar-refractivity contribution in [1.82, 2.24) is 19.3 Å². The summed E-state index contributed by atoms with van der Waals surface area (Å²) < 4.78 is 41.3. The molecule has 2 aromatic rings. The third kappa shape index (κ3) is 4.45. The molecule has 0 atom stereocenters. The molecule has 0 unspecified atom stereocenters. The van der Waals surface area contributed by atoms with Gasteiger partial charge >= 0.3 is 6.18 Å². The molecule has 1 aliphatic rings. The molecule has 1 aliphatic carbocycles. The summed E-state index contributed by atoms with van der Waals surface area (Å²) in [7, 11) is 0. The van der Waals surface area contributed by atoms with E-state index >= 15 is 0 Å². The van der Waals surface area contributed by atoms with Crippen molar-refractivity contribution >= 4 is 17.5 Å². The van der Waals surface area contributed by atoms with Gasteiger partial charge in [-0.25, -0.2) is 0 Å². The van der Waals surface area contributed by atoms with E-state index in [2.05, 4.69) is 16.8 Å². The zero-order valence-corrected chi connectivity index (χ0v) is 16.0. The van der Waals surface area contributed by atoms with Gasteiger partial charge in [0.15, 0.2) is 10.9 Å². The number of halogens is 3. The van der Waals surface area contributed by atoms with Gasteiger partial charge in [0.25, 0.3) is 0 Å². The molecule has 5 nitrogen and oxygen atoms in total. The maximum Gasteiger partial charge on any atom is 0.406 e. The van der Waals surface area contributed by atoms with E-state index in [0.29, 0.717) is 34.6 Å². The van der Waals surface area contributed by atoms with Gasteiger partial charge < -0.3 is 9.13 Å². The molecule has 0 bridgehead atoms. The average molecular weight is 398 g/mol. The normalized spacial score (nSPS) is 14.6. The van der Waals surface area contributed by atoms with Gasteiger partial charge in [0.2, 0.25) is 0 Å². The lowest BCUT2D eigenvalue weighted by Crippen LogP contribution is -2.19. The molecule has 0 radical (unpaired) electrons. The van der Waals surface area contributed by atoms with Crippen LogP contribution < -0.4 is 0 Å². The molecule has 3 rings (SSSR count). The molecule has 146 valence electrons. The van der Waals surface area contributed by atoms with Gasteiger partial charge in [-0.2, -0.15) is 13.2 Å². The van der Waals surface area contributed by atoms with Gasteiger partial charge in [0, 0.05) is 29.4 Å². The molecule has 0 saturated heterocycles. The number of aryl methyl sites for hydroxylation is 1. The van der Waals surface area contributed by atoms with E-state index in [1.165, 1.54) is 17.8 Å². The molecule has 0 aliphatic heterocycles. The molecule has 2 aromatic heterocycles. The highest BCUT2D eigenvalue weighted by atomic mass is 32.2. The summed E-state index contributed by atoms with van der Waals surface area (Å²) in [5, 5.41) is 9.04. The summed E-state index contributed by atoms with van der Waals surface area (Å²) in [6.45, 7) is 6.34. The number of thioether (sulfide) groups is 1. The minimum absolute atomic E-state index is 0.0935. The molecule has 2 heterocycles. The highest BCUT2D eigenvalue weighted by Crippen LogP contribution is 2.40. The van der Waals surface area contributed by atoms with Crippen LogP contribution in [0.3, 0.4) is 0 Å². The van der Waals surface area contributed by atoms with Gasteiger partial charge in [-0.05, 0) is 32.8 Å². The van der Waals surface area contributed by atoms with E-state index in [1.807, 2.05) is 4.57 Å². The Morgan fingerprint density at radius 1 is 1.33 bits per heavy atom. The number of alkyl halides is 3. The minimum Gasteiger partial charge on any atom is -0.339 e. The summed E-state index contributed by atoms with van der Waals surface area (Å²) in [6, 6.07) is 1.52. The third-order valence-corrected chi connectivity index (χ3v) is 5.51. The molecule has 0 spiro atoms. The molecule has 1 fully saturated rings. The fourth-order valence-electron chi connectivity index (χ4n) is 3.06. The van der Waals surface area contributed by atoms with Crippen molar-refractivity contribution in [1.29, 1.82) is 0 Å². The van der Waals surface area contributed by atoms with Crippen molar-refractivity contribution in [3.05, 3.63) is 41.5 Å². The van der Waals surface area contributed by atoms with Gasteiger partial charge in [-0.1, -0.05) is 17.8 Å². The number of ketones is 1. The summed E-state index contributed by atoms with van der Waals surface area (Å²) in [4.78, 5) is 12.6. The van der Waals surface area contributed by atoms with Crippen molar-refractivity contribution in [2.24, 2.45) is 0 Å². The number of carbonyl (C=O) groups is 1. The van der Waals surface area contributed by atoms with E-state index < -0.39 is 12.7 Å². The van der Waals surface area contributed by atoms with Crippen LogP contribution in [0.2, 0.25) is 0 Å². The Bertz CT molecular complexity index is 865. The molecule has 0 N–H and O–H groups in total. The van der Waals surface area contributed by atoms with Crippen molar-refractivity contribution in [3.63, 3.8) is 0 Å². The highest BCUT2D eigenvalue weighted by molar-refractivity contribution is 7.99. The minimum atomic E-state index is -4.33. The number of Topliss-reactive ketones (excluding diaryl/α,β-unsaturated/α-hetero) is 1. The number of allylic oxidation sites excluding steroid dienone is 1. The number of rotatable bonds is 8. The maximum atomic E-state index is 12.7. The van der Waals surface area contributed by atoms with Gasteiger partial charge in [-0.3, -0.25) is 4.79 Å². The van der Waals surface area contributed by atoms with Crippen molar-refractivity contribution < 1.29 is 18.0 Å². The predicted octanol–water partition coefficient (Wildman–Crippen LogP) is 4.30. The van der Waals surface area contributed by atoms with Gasteiger partial charge in [-0.15, -0.1) is 16.8 Å². The van der Waals surface area contributed by atoms with Crippen molar-refractivity contribution in [2.45, 2.75) is 57.0 Å². The monoisotopic (exact) mass is 398 g/mol. The first-order valence-electron chi connectivity index (χ1n) is 8.64. The largest absolute Gasteiger partial charge is 0.406 e. The van der Waals surface area contributed by atoms with Crippen LogP contribution in [0.15, 0.2) is 23.9 Å². The zero-order chi connectivity index (χ0) is 19.8.